The molecule has 0 saturated carbocycles. The number of hydrogen-bond donors (Lipinski definition) is 3. The molecule has 150 valence electrons. The number of piperidine rings is 1. The topological polar surface area (TPSA) is 108 Å². The number of anilines is 1. The van der Waals surface area contributed by atoms with Crippen LogP contribution in [0.1, 0.15) is 41.7 Å². The van der Waals surface area contributed by atoms with Crippen LogP contribution in [-0.2, 0) is 4.79 Å². The summed E-state index contributed by atoms with van der Waals surface area (Å²) in [6, 6.07) is 12.7. The lowest BCUT2D eigenvalue weighted by atomic mass is 10.0. The number of aliphatic hydroxyl groups is 1. The van der Waals surface area contributed by atoms with Gasteiger partial charge in [0.1, 0.15) is 18.0 Å². The average Bonchev–Trinajstić information content (AvgIpc) is 2.93. The van der Waals surface area contributed by atoms with Gasteiger partial charge in [0, 0.05) is 11.3 Å². The second kappa shape index (κ2) is 7.56. The molecule has 0 bridgehead atoms. The minimum absolute atomic E-state index is 0.234. The van der Waals surface area contributed by atoms with Crippen LogP contribution in [0.25, 0.3) is 0 Å². The van der Waals surface area contributed by atoms with Crippen molar-refractivity contribution in [3.05, 3.63) is 59.7 Å². The first-order chi connectivity index (χ1) is 13.9. The third-order valence-electron chi connectivity index (χ3n) is 5.24. The zero-order chi connectivity index (χ0) is 20.5. The van der Waals surface area contributed by atoms with Gasteiger partial charge in [0.25, 0.3) is 5.91 Å². The van der Waals surface area contributed by atoms with Crippen molar-refractivity contribution in [3.8, 4) is 5.75 Å². The summed E-state index contributed by atoms with van der Waals surface area (Å²) in [5, 5.41) is 14.7. The Balaban J connectivity index is 1.50. The second-order valence-electron chi connectivity index (χ2n) is 7.14. The number of fused-ring (bicyclic) bond motifs is 1. The van der Waals surface area contributed by atoms with Gasteiger partial charge >= 0.3 is 6.09 Å². The Kier molecular flexibility index (Phi) is 4.94. The molecule has 4 rings (SSSR count). The summed E-state index contributed by atoms with van der Waals surface area (Å²) in [5.41, 5.74) is 1.72. The molecule has 2 heterocycles. The number of amides is 3. The number of nitrogens with zero attached hydrogens (tertiary/aromatic N) is 1. The van der Waals surface area contributed by atoms with E-state index in [0.717, 1.165) is 5.56 Å². The molecule has 3 N–H and O–H groups in total. The Hall–Kier alpha value is -3.39. The van der Waals surface area contributed by atoms with Gasteiger partial charge in [-0.1, -0.05) is 18.2 Å². The molecule has 3 atom stereocenters. The van der Waals surface area contributed by atoms with Gasteiger partial charge in [-0.3, -0.25) is 14.9 Å². The maximum Gasteiger partial charge on any atom is 0.417 e. The quantitative estimate of drug-likeness (QED) is 0.740. The number of nitrogens with one attached hydrogen (secondary N) is 2. The van der Waals surface area contributed by atoms with Crippen molar-refractivity contribution in [2.24, 2.45) is 0 Å². The molecule has 2 aromatic carbocycles. The van der Waals surface area contributed by atoms with Crippen molar-refractivity contribution in [1.82, 2.24) is 10.2 Å². The highest BCUT2D eigenvalue weighted by Gasteiger charge is 2.43. The summed E-state index contributed by atoms with van der Waals surface area (Å²) >= 11 is 0. The Bertz CT molecular complexity index is 962. The maximum atomic E-state index is 12.9. The van der Waals surface area contributed by atoms with Crippen LogP contribution in [0.5, 0.6) is 5.75 Å². The van der Waals surface area contributed by atoms with Gasteiger partial charge in [0.05, 0.1) is 6.04 Å². The minimum atomic E-state index is -0.874. The van der Waals surface area contributed by atoms with E-state index >= 15 is 0 Å². The lowest BCUT2D eigenvalue weighted by Gasteiger charge is -2.35. The van der Waals surface area contributed by atoms with Gasteiger partial charge < -0.3 is 20.1 Å². The summed E-state index contributed by atoms with van der Waals surface area (Å²) < 4.78 is 5.22. The van der Waals surface area contributed by atoms with Gasteiger partial charge in [-0.05, 0) is 55.7 Å². The van der Waals surface area contributed by atoms with Gasteiger partial charge in [0.2, 0.25) is 5.91 Å². The van der Waals surface area contributed by atoms with Crippen LogP contribution in [0.3, 0.4) is 0 Å². The molecular formula is C21H21N3O5. The van der Waals surface area contributed by atoms with E-state index in [1.165, 1.54) is 4.90 Å². The molecule has 1 fully saturated rings. The summed E-state index contributed by atoms with van der Waals surface area (Å²) in [6.45, 7) is 1.84. The zero-order valence-electron chi connectivity index (χ0n) is 15.8. The molecule has 3 amide bonds. The molecule has 0 radical (unpaired) electrons. The highest BCUT2D eigenvalue weighted by molar-refractivity contribution is 6.02. The van der Waals surface area contributed by atoms with Crippen LogP contribution in [0.15, 0.2) is 48.5 Å². The SMILES string of the molecule is C[C@@H]1c2cc(NC(=O)Oc3ccccc3)ccc2C(=O)N1[C@H]1CCC(O)NC1=O. The highest BCUT2D eigenvalue weighted by atomic mass is 16.6. The third kappa shape index (κ3) is 3.66. The standard InChI is InChI=1S/C21H21N3O5/c1-12-16-11-13(22-21(28)29-14-5-3-2-4-6-14)7-8-15(16)20(27)24(12)17-9-10-18(25)23-19(17)26/h2-8,11-12,17-18,25H,9-10H2,1H3,(H,22,28)(H,23,26)/t12-,17+,18?/m1/s1. The molecule has 0 aromatic heterocycles. The van der Waals surface area contributed by atoms with Crippen molar-refractivity contribution in [2.75, 3.05) is 5.32 Å². The fourth-order valence-electron chi connectivity index (χ4n) is 3.84. The number of rotatable bonds is 3. The molecule has 29 heavy (non-hydrogen) atoms. The van der Waals surface area contributed by atoms with E-state index in [9.17, 15) is 19.5 Å². The number of carbonyl (C=O) groups excluding carboxylic acids is 3. The molecule has 0 aliphatic carbocycles. The number of hydrogen-bond acceptors (Lipinski definition) is 5. The fraction of sp³-hybridized carbons (Fsp3) is 0.286. The van der Waals surface area contributed by atoms with E-state index in [4.69, 9.17) is 4.74 Å². The predicted octanol–water partition coefficient (Wildman–Crippen LogP) is 2.41. The number of carbonyl (C=O) groups is 3. The summed E-state index contributed by atoms with van der Waals surface area (Å²) in [6.07, 6.45) is -0.723. The van der Waals surface area contributed by atoms with Crippen LogP contribution in [0.2, 0.25) is 0 Å². The van der Waals surface area contributed by atoms with Crippen LogP contribution in [-0.4, -0.2) is 40.2 Å². The van der Waals surface area contributed by atoms with Crippen molar-refractivity contribution in [2.45, 2.75) is 38.1 Å². The van der Waals surface area contributed by atoms with E-state index in [1.807, 2.05) is 13.0 Å². The number of aliphatic hydroxyl groups excluding tert-OH is 1. The first-order valence-electron chi connectivity index (χ1n) is 9.43. The lowest BCUT2D eigenvalue weighted by Crippen LogP contribution is -2.54. The summed E-state index contributed by atoms with van der Waals surface area (Å²) in [5.74, 6) is -0.171. The van der Waals surface area contributed by atoms with Crippen molar-refractivity contribution >= 4 is 23.6 Å². The van der Waals surface area contributed by atoms with E-state index in [2.05, 4.69) is 10.6 Å². The predicted molar refractivity (Wildman–Crippen MR) is 104 cm³/mol. The molecule has 1 unspecified atom stereocenters. The highest BCUT2D eigenvalue weighted by Crippen LogP contribution is 2.38. The Morgan fingerprint density at radius 2 is 1.93 bits per heavy atom. The monoisotopic (exact) mass is 395 g/mol. The smallest absolute Gasteiger partial charge is 0.410 e. The summed E-state index contributed by atoms with van der Waals surface area (Å²) in [4.78, 5) is 38.8. The zero-order valence-corrected chi connectivity index (χ0v) is 15.8. The van der Waals surface area contributed by atoms with Gasteiger partial charge in [-0.2, -0.15) is 0 Å². The largest absolute Gasteiger partial charge is 0.417 e. The van der Waals surface area contributed by atoms with Crippen molar-refractivity contribution < 1.29 is 24.2 Å². The Morgan fingerprint density at radius 3 is 2.66 bits per heavy atom. The van der Waals surface area contributed by atoms with Crippen molar-refractivity contribution in [1.29, 1.82) is 0 Å². The minimum Gasteiger partial charge on any atom is -0.410 e. The number of para-hydroxylation sites is 1. The van der Waals surface area contributed by atoms with Gasteiger partial charge in [-0.25, -0.2) is 4.79 Å². The van der Waals surface area contributed by atoms with Crippen LogP contribution in [0.4, 0.5) is 10.5 Å². The first kappa shape index (κ1) is 18.9. The van der Waals surface area contributed by atoms with Crippen LogP contribution in [0, 0.1) is 0 Å². The van der Waals surface area contributed by atoms with E-state index in [1.54, 1.807) is 42.5 Å². The molecular weight excluding hydrogens is 374 g/mol. The number of ether oxygens (including phenoxy) is 1. The average molecular weight is 395 g/mol. The van der Waals surface area contributed by atoms with Gasteiger partial charge in [0.15, 0.2) is 0 Å². The summed E-state index contributed by atoms with van der Waals surface area (Å²) in [7, 11) is 0. The number of benzene rings is 2. The molecule has 2 aliphatic rings. The molecule has 2 aliphatic heterocycles. The molecule has 8 nitrogen and oxygen atoms in total. The van der Waals surface area contributed by atoms with Crippen LogP contribution >= 0.6 is 0 Å². The van der Waals surface area contributed by atoms with Crippen molar-refractivity contribution in [3.63, 3.8) is 0 Å². The molecule has 0 spiro atoms. The maximum absolute atomic E-state index is 12.9. The third-order valence-corrected chi connectivity index (χ3v) is 5.24. The first-order valence-corrected chi connectivity index (χ1v) is 9.43. The van der Waals surface area contributed by atoms with Gasteiger partial charge in [-0.15, -0.1) is 0 Å². The van der Waals surface area contributed by atoms with E-state index < -0.39 is 18.4 Å². The Morgan fingerprint density at radius 1 is 1.17 bits per heavy atom. The lowest BCUT2D eigenvalue weighted by molar-refractivity contribution is -0.133. The fourth-order valence-corrected chi connectivity index (χ4v) is 3.84. The van der Waals surface area contributed by atoms with Crippen LogP contribution < -0.4 is 15.4 Å². The second-order valence-corrected chi connectivity index (χ2v) is 7.14. The molecule has 2 aromatic rings. The van der Waals surface area contributed by atoms with E-state index in [0.29, 0.717) is 29.8 Å². The normalized spacial score (nSPS) is 23.4. The molecule has 1 saturated heterocycles. The Labute approximate surface area is 167 Å². The van der Waals surface area contributed by atoms with E-state index in [-0.39, 0.29) is 17.9 Å². The molecule has 8 heteroatoms.